The zero-order chi connectivity index (χ0) is 12.6. The number of hydrogen-bond acceptors (Lipinski definition) is 2. The van der Waals surface area contributed by atoms with Crippen molar-refractivity contribution in [1.82, 2.24) is 4.98 Å². The number of carbonyl (C=O) groups is 1. The van der Waals surface area contributed by atoms with Crippen LogP contribution in [0, 0.1) is 6.92 Å². The van der Waals surface area contributed by atoms with Crippen LogP contribution in [0.4, 0.5) is 0 Å². The second-order valence-electron chi connectivity index (χ2n) is 3.88. The van der Waals surface area contributed by atoms with Crippen molar-refractivity contribution in [2.75, 3.05) is 0 Å². The van der Waals surface area contributed by atoms with Crippen LogP contribution in [0.5, 0.6) is 0 Å². The van der Waals surface area contributed by atoms with E-state index in [1.165, 1.54) is 0 Å². The Bertz CT molecular complexity index is 661. The third kappa shape index (κ3) is 2.31. The maximum absolute atomic E-state index is 11.6. The highest BCUT2D eigenvalue weighted by Gasteiger charge is 2.08. The Balaban J connectivity index is 2.67. The number of carboxylic acids is 1. The van der Waals surface area contributed by atoms with Gasteiger partial charge in [-0.15, -0.1) is 0 Å². The van der Waals surface area contributed by atoms with Gasteiger partial charge in [-0.2, -0.15) is 0 Å². The lowest BCUT2D eigenvalue weighted by atomic mass is 10.1. The van der Waals surface area contributed by atoms with E-state index in [0.29, 0.717) is 10.5 Å². The molecular formula is C12H10ClNO3. The van der Waals surface area contributed by atoms with Crippen molar-refractivity contribution in [3.8, 4) is 0 Å². The van der Waals surface area contributed by atoms with Gasteiger partial charge in [-0.25, -0.2) is 0 Å². The lowest BCUT2D eigenvalue weighted by Gasteiger charge is -2.04. The van der Waals surface area contributed by atoms with Crippen LogP contribution in [0.15, 0.2) is 23.0 Å². The zero-order valence-electron chi connectivity index (χ0n) is 9.08. The summed E-state index contributed by atoms with van der Waals surface area (Å²) >= 11 is 5.98. The van der Waals surface area contributed by atoms with E-state index in [1.807, 2.05) is 6.92 Å². The Morgan fingerprint density at radius 1 is 1.41 bits per heavy atom. The number of nitrogens with one attached hydrogen (secondary N) is 1. The number of aliphatic carboxylic acids is 1. The van der Waals surface area contributed by atoms with Crippen LogP contribution in [0.3, 0.4) is 0 Å². The number of pyridine rings is 1. The first kappa shape index (κ1) is 11.7. The average molecular weight is 252 g/mol. The maximum Gasteiger partial charge on any atom is 0.308 e. The first-order valence-electron chi connectivity index (χ1n) is 5.01. The number of rotatable bonds is 2. The molecule has 0 atom stereocenters. The summed E-state index contributed by atoms with van der Waals surface area (Å²) in [6, 6.07) is 5.05. The smallest absolute Gasteiger partial charge is 0.308 e. The number of carboxylic acid groups (broad SMARTS) is 1. The lowest BCUT2D eigenvalue weighted by Crippen LogP contribution is -2.15. The summed E-state index contributed by atoms with van der Waals surface area (Å²) in [5, 5.41) is 10.0. The number of benzene rings is 1. The Labute approximate surface area is 102 Å². The second kappa shape index (κ2) is 4.22. The van der Waals surface area contributed by atoms with Gasteiger partial charge >= 0.3 is 5.97 Å². The molecule has 0 saturated carbocycles. The van der Waals surface area contributed by atoms with Gasteiger partial charge in [-0.3, -0.25) is 9.59 Å². The molecule has 1 aromatic heterocycles. The normalized spacial score (nSPS) is 10.7. The number of H-pyrrole nitrogens is 1. The summed E-state index contributed by atoms with van der Waals surface area (Å²) in [7, 11) is 0. The molecule has 0 aliphatic rings. The first-order chi connectivity index (χ1) is 7.97. The molecule has 0 bridgehead atoms. The molecule has 4 nitrogen and oxygen atoms in total. The molecule has 88 valence electrons. The molecule has 2 N–H and O–H groups in total. The predicted molar refractivity (Wildman–Crippen MR) is 65.7 cm³/mol. The molecule has 0 aliphatic heterocycles. The summed E-state index contributed by atoms with van der Waals surface area (Å²) in [4.78, 5) is 24.9. The molecule has 17 heavy (non-hydrogen) atoms. The fraction of sp³-hybridized carbons (Fsp3) is 0.167. The fourth-order valence-electron chi connectivity index (χ4n) is 1.67. The van der Waals surface area contributed by atoms with Crippen LogP contribution < -0.4 is 5.56 Å². The van der Waals surface area contributed by atoms with Gasteiger partial charge in [0.05, 0.1) is 6.42 Å². The SMILES string of the molecule is Cc1cc2[nH]c(=O)c(CC(=O)O)cc2cc1Cl. The van der Waals surface area contributed by atoms with Crippen molar-refractivity contribution in [3.63, 3.8) is 0 Å². The third-order valence-corrected chi connectivity index (χ3v) is 2.95. The molecule has 2 aromatic rings. The minimum atomic E-state index is -1.03. The predicted octanol–water partition coefficient (Wildman–Crippen LogP) is 2.12. The van der Waals surface area contributed by atoms with Crippen LogP contribution >= 0.6 is 11.6 Å². The van der Waals surface area contributed by atoms with Crippen LogP contribution in [0.1, 0.15) is 11.1 Å². The number of aryl methyl sites for hydroxylation is 1. The number of aromatic nitrogens is 1. The number of aromatic amines is 1. The molecule has 0 spiro atoms. The highest BCUT2D eigenvalue weighted by atomic mass is 35.5. The molecule has 0 unspecified atom stereocenters. The number of hydrogen-bond donors (Lipinski definition) is 2. The number of halogens is 1. The monoisotopic (exact) mass is 251 g/mol. The zero-order valence-corrected chi connectivity index (χ0v) is 9.84. The maximum atomic E-state index is 11.6. The fourth-order valence-corrected chi connectivity index (χ4v) is 1.85. The molecule has 1 aromatic carbocycles. The van der Waals surface area contributed by atoms with Crippen molar-refractivity contribution in [3.05, 3.63) is 44.7 Å². The molecule has 0 fully saturated rings. The van der Waals surface area contributed by atoms with Crippen LogP contribution in [-0.4, -0.2) is 16.1 Å². The Morgan fingerprint density at radius 3 is 2.76 bits per heavy atom. The molecule has 0 aliphatic carbocycles. The van der Waals surface area contributed by atoms with Gasteiger partial charge in [-0.1, -0.05) is 11.6 Å². The Morgan fingerprint density at radius 2 is 2.12 bits per heavy atom. The Kier molecular flexibility index (Phi) is 2.90. The lowest BCUT2D eigenvalue weighted by molar-refractivity contribution is -0.136. The van der Waals surface area contributed by atoms with E-state index < -0.39 is 5.97 Å². The topological polar surface area (TPSA) is 70.2 Å². The van der Waals surface area contributed by atoms with Crippen molar-refractivity contribution >= 4 is 28.5 Å². The molecule has 0 radical (unpaired) electrons. The van der Waals surface area contributed by atoms with E-state index in [0.717, 1.165) is 10.9 Å². The van der Waals surface area contributed by atoms with Crippen molar-refractivity contribution < 1.29 is 9.90 Å². The quantitative estimate of drug-likeness (QED) is 0.859. The second-order valence-corrected chi connectivity index (χ2v) is 4.29. The van der Waals surface area contributed by atoms with Gasteiger partial charge in [0.2, 0.25) is 0 Å². The standard InChI is InChI=1S/C12H10ClNO3/c1-6-2-10-7(4-9(6)13)3-8(5-11(15)16)12(17)14-10/h2-4H,5H2,1H3,(H,14,17)(H,15,16). The van der Waals surface area contributed by atoms with Gasteiger partial charge in [0.1, 0.15) is 0 Å². The van der Waals surface area contributed by atoms with Gasteiger partial charge in [0.15, 0.2) is 0 Å². The van der Waals surface area contributed by atoms with Crippen LogP contribution in [0.2, 0.25) is 5.02 Å². The van der Waals surface area contributed by atoms with E-state index in [-0.39, 0.29) is 17.5 Å². The summed E-state index contributed by atoms with van der Waals surface area (Å²) in [6.07, 6.45) is -0.295. The third-order valence-electron chi connectivity index (χ3n) is 2.54. The van der Waals surface area contributed by atoms with E-state index in [4.69, 9.17) is 16.7 Å². The van der Waals surface area contributed by atoms with Gasteiger partial charge < -0.3 is 10.1 Å². The molecule has 0 amide bonds. The molecular weight excluding hydrogens is 242 g/mol. The highest BCUT2D eigenvalue weighted by molar-refractivity contribution is 6.32. The molecule has 0 saturated heterocycles. The van der Waals surface area contributed by atoms with Crippen molar-refractivity contribution in [2.45, 2.75) is 13.3 Å². The molecule has 1 heterocycles. The summed E-state index contributed by atoms with van der Waals surface area (Å²) in [5.74, 6) is -1.03. The summed E-state index contributed by atoms with van der Waals surface area (Å²) in [5.41, 5.74) is 1.37. The minimum Gasteiger partial charge on any atom is -0.481 e. The van der Waals surface area contributed by atoms with E-state index >= 15 is 0 Å². The van der Waals surface area contributed by atoms with Crippen LogP contribution in [-0.2, 0) is 11.2 Å². The minimum absolute atomic E-state index is 0.227. The Hall–Kier alpha value is -1.81. The summed E-state index contributed by atoms with van der Waals surface area (Å²) in [6.45, 7) is 1.84. The van der Waals surface area contributed by atoms with Gasteiger partial charge in [0.25, 0.3) is 5.56 Å². The largest absolute Gasteiger partial charge is 0.481 e. The summed E-state index contributed by atoms with van der Waals surface area (Å²) < 4.78 is 0. The molecule has 2 rings (SSSR count). The van der Waals surface area contributed by atoms with E-state index in [1.54, 1.807) is 18.2 Å². The van der Waals surface area contributed by atoms with Crippen molar-refractivity contribution in [1.29, 1.82) is 0 Å². The average Bonchev–Trinajstić information content (AvgIpc) is 2.22. The first-order valence-corrected chi connectivity index (χ1v) is 5.39. The van der Waals surface area contributed by atoms with E-state index in [2.05, 4.69) is 4.98 Å². The van der Waals surface area contributed by atoms with E-state index in [9.17, 15) is 9.59 Å². The van der Waals surface area contributed by atoms with Gasteiger partial charge in [-0.05, 0) is 36.1 Å². The number of fused-ring (bicyclic) bond motifs is 1. The van der Waals surface area contributed by atoms with Gasteiger partial charge in [0, 0.05) is 16.1 Å². The molecule has 5 heteroatoms. The highest BCUT2D eigenvalue weighted by Crippen LogP contribution is 2.21. The van der Waals surface area contributed by atoms with Crippen molar-refractivity contribution in [2.24, 2.45) is 0 Å². The van der Waals surface area contributed by atoms with Crippen LogP contribution in [0.25, 0.3) is 10.9 Å².